The molecule has 2 heterocycles. The van der Waals surface area contributed by atoms with Crippen LogP contribution in [0.1, 0.15) is 23.7 Å². The molecule has 1 aliphatic rings. The molecule has 0 saturated heterocycles. The van der Waals surface area contributed by atoms with Crippen molar-refractivity contribution in [3.63, 3.8) is 0 Å². The molecule has 0 saturated carbocycles. The lowest BCUT2D eigenvalue weighted by molar-refractivity contribution is 0.691. The van der Waals surface area contributed by atoms with Crippen LogP contribution in [0.5, 0.6) is 0 Å². The fraction of sp³-hybridized carbons (Fsp3) is 0.0667. The minimum atomic E-state index is 0.172. The van der Waals surface area contributed by atoms with Crippen LogP contribution < -0.4 is 0 Å². The first-order chi connectivity index (χ1) is 24.1. The zero-order valence-corrected chi connectivity index (χ0v) is 26.9. The Hall–Kier alpha value is -6.62. The first-order valence-corrected chi connectivity index (χ1v) is 16.6. The zero-order chi connectivity index (χ0) is 33.1. The lowest BCUT2D eigenvalue weighted by Gasteiger charge is -2.20. The number of para-hydroxylation sites is 4. The first-order valence-electron chi connectivity index (χ1n) is 16.6. The van der Waals surface area contributed by atoms with Crippen molar-refractivity contribution in [1.82, 2.24) is 9.13 Å². The summed E-state index contributed by atoms with van der Waals surface area (Å²) in [5, 5.41) is 24.1. The second-order valence-corrected chi connectivity index (χ2v) is 12.8. The summed E-state index contributed by atoms with van der Waals surface area (Å²) in [6.07, 6.45) is 2.89. The van der Waals surface area contributed by atoms with Crippen LogP contribution in [-0.4, -0.2) is 9.13 Å². The molecule has 0 fully saturated rings. The van der Waals surface area contributed by atoms with E-state index >= 15 is 0 Å². The smallest absolute Gasteiger partial charge is 0.0998 e. The SMILES string of the molecule is CC1Cc2c(n(-c3ccccc3-c3ccc(-c4cccc(-n5c6ccccc6c6ccccc65)c4)c(C#N)c3)c3ccccc23)C=C1C#N. The molecule has 4 nitrogen and oxygen atoms in total. The van der Waals surface area contributed by atoms with Crippen LogP contribution in [-0.2, 0) is 6.42 Å². The van der Waals surface area contributed by atoms with Crippen LogP contribution in [0.2, 0.25) is 0 Å². The molecule has 49 heavy (non-hydrogen) atoms. The van der Waals surface area contributed by atoms with Gasteiger partial charge in [0, 0.05) is 33.0 Å². The van der Waals surface area contributed by atoms with Gasteiger partial charge in [-0.15, -0.1) is 0 Å². The zero-order valence-electron chi connectivity index (χ0n) is 26.9. The number of hydrogen-bond acceptors (Lipinski definition) is 2. The van der Waals surface area contributed by atoms with E-state index in [2.05, 4.69) is 162 Å². The molecule has 9 rings (SSSR count). The number of nitriles is 2. The Morgan fingerprint density at radius 2 is 1.20 bits per heavy atom. The van der Waals surface area contributed by atoms with Gasteiger partial charge in [0.1, 0.15) is 0 Å². The number of aromatic nitrogens is 2. The van der Waals surface area contributed by atoms with E-state index in [9.17, 15) is 10.5 Å². The average molecular weight is 627 g/mol. The van der Waals surface area contributed by atoms with E-state index in [0.717, 1.165) is 67.9 Å². The van der Waals surface area contributed by atoms with Crippen molar-refractivity contribution in [2.45, 2.75) is 13.3 Å². The Morgan fingerprint density at radius 3 is 1.92 bits per heavy atom. The van der Waals surface area contributed by atoms with E-state index in [4.69, 9.17) is 0 Å². The lowest BCUT2D eigenvalue weighted by atomic mass is 9.87. The van der Waals surface area contributed by atoms with Gasteiger partial charge in [0.2, 0.25) is 0 Å². The molecule has 4 heteroatoms. The van der Waals surface area contributed by atoms with E-state index in [0.29, 0.717) is 5.56 Å². The Labute approximate surface area is 284 Å². The number of allylic oxidation sites excluding steroid dienone is 1. The Balaban J connectivity index is 1.18. The van der Waals surface area contributed by atoms with Crippen LogP contribution in [0.15, 0.2) is 145 Å². The predicted octanol–water partition coefficient (Wildman–Crippen LogP) is 11.0. The summed E-state index contributed by atoms with van der Waals surface area (Å²) < 4.78 is 4.60. The van der Waals surface area contributed by atoms with E-state index in [1.807, 2.05) is 12.1 Å². The second-order valence-electron chi connectivity index (χ2n) is 12.8. The highest BCUT2D eigenvalue weighted by atomic mass is 15.0. The van der Waals surface area contributed by atoms with Gasteiger partial charge in [0.15, 0.2) is 0 Å². The predicted molar refractivity (Wildman–Crippen MR) is 200 cm³/mol. The molecule has 2 aromatic heterocycles. The highest BCUT2D eigenvalue weighted by molar-refractivity contribution is 6.09. The van der Waals surface area contributed by atoms with Gasteiger partial charge in [-0.25, -0.2) is 0 Å². The molecular formula is C45H30N4. The third-order valence-corrected chi connectivity index (χ3v) is 10.1. The number of hydrogen-bond donors (Lipinski definition) is 0. The van der Waals surface area contributed by atoms with Gasteiger partial charge in [0.25, 0.3) is 0 Å². The first kappa shape index (κ1) is 28.6. The van der Waals surface area contributed by atoms with Crippen molar-refractivity contribution in [2.24, 2.45) is 5.92 Å². The summed E-state index contributed by atoms with van der Waals surface area (Å²) in [6.45, 7) is 2.13. The molecule has 1 aliphatic carbocycles. The number of fused-ring (bicyclic) bond motifs is 6. The van der Waals surface area contributed by atoms with Crippen molar-refractivity contribution in [3.8, 4) is 45.8 Å². The van der Waals surface area contributed by atoms with Gasteiger partial charge in [-0.1, -0.05) is 104 Å². The molecule has 0 spiro atoms. The second kappa shape index (κ2) is 11.3. The van der Waals surface area contributed by atoms with E-state index in [-0.39, 0.29) is 5.92 Å². The summed E-state index contributed by atoms with van der Waals surface area (Å²) in [5.74, 6) is 0.172. The lowest BCUT2D eigenvalue weighted by Crippen LogP contribution is -2.10. The monoisotopic (exact) mass is 626 g/mol. The van der Waals surface area contributed by atoms with Crippen LogP contribution >= 0.6 is 0 Å². The molecule has 0 N–H and O–H groups in total. The molecule has 0 aliphatic heterocycles. The summed E-state index contributed by atoms with van der Waals surface area (Å²) >= 11 is 0. The molecule has 1 atom stereocenters. The summed E-state index contributed by atoms with van der Waals surface area (Å²) in [7, 11) is 0. The Bertz CT molecular complexity index is 2690. The summed E-state index contributed by atoms with van der Waals surface area (Å²) in [6, 6.07) is 53.5. The van der Waals surface area contributed by atoms with Gasteiger partial charge >= 0.3 is 0 Å². The molecule has 230 valence electrons. The molecule has 0 bridgehead atoms. The van der Waals surface area contributed by atoms with Crippen molar-refractivity contribution in [1.29, 1.82) is 10.5 Å². The Morgan fingerprint density at radius 1 is 0.571 bits per heavy atom. The third kappa shape index (κ3) is 4.43. The minimum absolute atomic E-state index is 0.172. The molecule has 0 amide bonds. The van der Waals surface area contributed by atoms with Crippen LogP contribution in [0, 0.1) is 28.6 Å². The van der Waals surface area contributed by atoms with Gasteiger partial charge in [-0.05, 0) is 83.1 Å². The Kier molecular flexibility index (Phi) is 6.57. The third-order valence-electron chi connectivity index (χ3n) is 10.1. The van der Waals surface area contributed by atoms with Gasteiger partial charge in [-0.2, -0.15) is 10.5 Å². The normalized spacial score (nSPS) is 14.0. The molecular weight excluding hydrogens is 597 g/mol. The largest absolute Gasteiger partial charge is 0.309 e. The highest BCUT2D eigenvalue weighted by Gasteiger charge is 2.26. The van der Waals surface area contributed by atoms with E-state index < -0.39 is 0 Å². The number of rotatable bonds is 4. The maximum Gasteiger partial charge on any atom is 0.0998 e. The molecule has 0 radical (unpaired) electrons. The van der Waals surface area contributed by atoms with E-state index in [1.54, 1.807) is 0 Å². The van der Waals surface area contributed by atoms with Crippen molar-refractivity contribution in [3.05, 3.63) is 162 Å². The van der Waals surface area contributed by atoms with Crippen molar-refractivity contribution >= 4 is 38.8 Å². The topological polar surface area (TPSA) is 57.4 Å². The molecule has 8 aromatic rings. The fourth-order valence-electron chi connectivity index (χ4n) is 7.78. The maximum absolute atomic E-state index is 10.5. The average Bonchev–Trinajstić information content (AvgIpc) is 3.66. The minimum Gasteiger partial charge on any atom is -0.309 e. The summed E-state index contributed by atoms with van der Waals surface area (Å²) in [5.41, 5.74) is 13.1. The highest BCUT2D eigenvalue weighted by Crippen LogP contribution is 2.41. The summed E-state index contributed by atoms with van der Waals surface area (Å²) in [4.78, 5) is 0. The maximum atomic E-state index is 10.5. The quantitative estimate of drug-likeness (QED) is 0.195. The van der Waals surface area contributed by atoms with Crippen molar-refractivity contribution < 1.29 is 0 Å². The molecule has 6 aromatic carbocycles. The molecule has 1 unspecified atom stereocenters. The van der Waals surface area contributed by atoms with Gasteiger partial charge < -0.3 is 9.13 Å². The standard InChI is InChI=1S/C45H30N4/c1-29-23-40-39-16-5-9-20-44(39)49(45(40)26-32(29)27-46)41-17-6-2-13-36(41)31-21-22-35(33(24-31)28-47)30-11-10-12-34(25-30)48-42-18-7-3-14-37(42)38-15-4-8-19-43(38)48/h2-22,24-26,29H,23H2,1H3. The fourth-order valence-corrected chi connectivity index (χ4v) is 7.78. The van der Waals surface area contributed by atoms with Gasteiger partial charge in [0.05, 0.1) is 45.6 Å². The number of benzene rings is 6. The van der Waals surface area contributed by atoms with Crippen LogP contribution in [0.25, 0.3) is 72.4 Å². The van der Waals surface area contributed by atoms with Crippen LogP contribution in [0.4, 0.5) is 0 Å². The van der Waals surface area contributed by atoms with Gasteiger partial charge in [-0.3, -0.25) is 0 Å². The van der Waals surface area contributed by atoms with Crippen LogP contribution in [0.3, 0.4) is 0 Å². The van der Waals surface area contributed by atoms with Crippen molar-refractivity contribution in [2.75, 3.05) is 0 Å². The van der Waals surface area contributed by atoms with E-state index in [1.165, 1.54) is 21.7 Å². The number of nitrogens with zero attached hydrogens (tertiary/aromatic N) is 4.